The van der Waals surface area contributed by atoms with Gasteiger partial charge in [-0.1, -0.05) is 24.3 Å². The first-order valence-electron chi connectivity index (χ1n) is 10.3. The molecule has 0 bridgehead atoms. The Bertz CT molecular complexity index is 1240. The molecule has 164 valence electrons. The average Bonchev–Trinajstić information content (AvgIpc) is 2.83. The number of rotatable bonds is 8. The summed E-state index contributed by atoms with van der Waals surface area (Å²) in [5.41, 5.74) is 2.06. The molecule has 2 aromatic heterocycles. The summed E-state index contributed by atoms with van der Waals surface area (Å²) < 4.78 is 18.8. The van der Waals surface area contributed by atoms with Crippen molar-refractivity contribution in [3.63, 3.8) is 0 Å². The summed E-state index contributed by atoms with van der Waals surface area (Å²) in [6.07, 6.45) is 5.13. The number of ether oxygens (including phenoxy) is 1. The van der Waals surface area contributed by atoms with Gasteiger partial charge in [-0.15, -0.1) is 0 Å². The highest BCUT2D eigenvalue weighted by Gasteiger charge is 2.09. The molecule has 1 amide bonds. The Kier molecular flexibility index (Phi) is 6.80. The lowest BCUT2D eigenvalue weighted by molar-refractivity contribution is -0.117. The minimum absolute atomic E-state index is 0.0402. The highest BCUT2D eigenvalue weighted by atomic mass is 19.1. The Hall–Kier alpha value is -4.39. The number of anilines is 1. The van der Waals surface area contributed by atoms with Crippen molar-refractivity contribution in [2.75, 3.05) is 5.32 Å². The third kappa shape index (κ3) is 6.30. The largest absolute Gasteiger partial charge is 0.457 e. The Balaban J connectivity index is 1.34. The number of nitrogens with zero attached hydrogens (tertiary/aromatic N) is 2. The fourth-order valence-corrected chi connectivity index (χ4v) is 3.16. The molecular weight excluding hydrogens is 421 g/mol. The van der Waals surface area contributed by atoms with Gasteiger partial charge in [0.05, 0.1) is 5.56 Å². The molecule has 0 saturated carbocycles. The molecule has 0 radical (unpaired) electrons. The zero-order chi connectivity index (χ0) is 23.0. The summed E-state index contributed by atoms with van der Waals surface area (Å²) in [6, 6.07) is 19.8. The molecule has 0 unspecified atom stereocenters. The number of benzene rings is 2. The first kappa shape index (κ1) is 21.8. The van der Waals surface area contributed by atoms with E-state index in [1.54, 1.807) is 54.7 Å². The van der Waals surface area contributed by atoms with E-state index in [1.165, 1.54) is 24.5 Å². The maximum Gasteiger partial charge on any atom is 0.258 e. The lowest BCUT2D eigenvalue weighted by Crippen LogP contribution is -2.13. The van der Waals surface area contributed by atoms with Gasteiger partial charge in [-0.2, -0.15) is 0 Å². The van der Waals surface area contributed by atoms with E-state index < -0.39 is 0 Å². The van der Waals surface area contributed by atoms with E-state index >= 15 is 0 Å². The molecule has 6 nitrogen and oxygen atoms in total. The van der Waals surface area contributed by atoms with Crippen LogP contribution in [0.2, 0.25) is 0 Å². The minimum atomic E-state index is -0.320. The van der Waals surface area contributed by atoms with Gasteiger partial charge in [-0.25, -0.2) is 9.37 Å². The number of aromatic nitrogens is 2. The zero-order valence-electron chi connectivity index (χ0n) is 17.6. The number of ketones is 1. The highest BCUT2D eigenvalue weighted by molar-refractivity contribution is 6.03. The monoisotopic (exact) mass is 441 g/mol. The number of carbonyl (C=O) groups is 2. The summed E-state index contributed by atoms with van der Waals surface area (Å²) in [5, 5.41) is 2.71. The van der Waals surface area contributed by atoms with Crippen molar-refractivity contribution in [3.05, 3.63) is 114 Å². The van der Waals surface area contributed by atoms with Crippen LogP contribution < -0.4 is 10.1 Å². The van der Waals surface area contributed by atoms with Gasteiger partial charge in [0.25, 0.3) is 5.91 Å². The SMILES string of the molecule is O=C(Cc1ccc(F)cc1)Cc1ccc(Oc2ccnc(NC(=O)c3cccnc3)c2)cc1. The third-order valence-corrected chi connectivity index (χ3v) is 4.77. The maximum atomic E-state index is 13.0. The molecule has 7 heteroatoms. The number of hydrogen-bond acceptors (Lipinski definition) is 5. The van der Waals surface area contributed by atoms with E-state index in [1.807, 2.05) is 12.1 Å². The maximum absolute atomic E-state index is 13.0. The van der Waals surface area contributed by atoms with Crippen LogP contribution in [-0.2, 0) is 17.6 Å². The Morgan fingerprint density at radius 1 is 0.848 bits per heavy atom. The number of pyridine rings is 2. The number of nitrogens with one attached hydrogen (secondary N) is 1. The number of halogens is 1. The van der Waals surface area contributed by atoms with Gasteiger partial charge in [0.2, 0.25) is 0 Å². The second kappa shape index (κ2) is 10.3. The first-order chi connectivity index (χ1) is 16.0. The van der Waals surface area contributed by atoms with Crippen LogP contribution in [0.25, 0.3) is 0 Å². The number of hydrogen-bond donors (Lipinski definition) is 1. The van der Waals surface area contributed by atoms with Gasteiger partial charge in [-0.3, -0.25) is 14.6 Å². The lowest BCUT2D eigenvalue weighted by Gasteiger charge is -2.09. The van der Waals surface area contributed by atoms with E-state index in [0.29, 0.717) is 22.9 Å². The molecule has 0 aliphatic rings. The Labute approximate surface area is 190 Å². The molecule has 4 rings (SSSR count). The summed E-state index contributed by atoms with van der Waals surface area (Å²) >= 11 is 0. The molecule has 0 aliphatic carbocycles. The van der Waals surface area contributed by atoms with E-state index in [4.69, 9.17) is 4.74 Å². The van der Waals surface area contributed by atoms with Gasteiger partial charge in [0.1, 0.15) is 28.9 Å². The summed E-state index contributed by atoms with van der Waals surface area (Å²) in [4.78, 5) is 32.6. The van der Waals surface area contributed by atoms with Crippen LogP contribution in [0, 0.1) is 5.82 Å². The predicted molar refractivity (Wildman–Crippen MR) is 122 cm³/mol. The molecule has 0 saturated heterocycles. The zero-order valence-corrected chi connectivity index (χ0v) is 17.6. The fourth-order valence-electron chi connectivity index (χ4n) is 3.16. The smallest absolute Gasteiger partial charge is 0.258 e. The van der Waals surface area contributed by atoms with Crippen LogP contribution in [0.3, 0.4) is 0 Å². The van der Waals surface area contributed by atoms with Crippen molar-refractivity contribution in [2.24, 2.45) is 0 Å². The van der Waals surface area contributed by atoms with Crippen LogP contribution in [0.4, 0.5) is 10.2 Å². The van der Waals surface area contributed by atoms with Crippen LogP contribution in [-0.4, -0.2) is 21.7 Å². The fraction of sp³-hybridized carbons (Fsp3) is 0.0769. The minimum Gasteiger partial charge on any atom is -0.457 e. The van der Waals surface area contributed by atoms with Crippen molar-refractivity contribution in [1.29, 1.82) is 0 Å². The number of amides is 1. The topological polar surface area (TPSA) is 81.2 Å². The van der Waals surface area contributed by atoms with Crippen molar-refractivity contribution in [2.45, 2.75) is 12.8 Å². The Morgan fingerprint density at radius 2 is 1.55 bits per heavy atom. The summed E-state index contributed by atoms with van der Waals surface area (Å²) in [5.74, 6) is 0.844. The molecule has 0 spiro atoms. The van der Waals surface area contributed by atoms with Crippen LogP contribution in [0.15, 0.2) is 91.4 Å². The first-order valence-corrected chi connectivity index (χ1v) is 10.3. The van der Waals surface area contributed by atoms with E-state index in [9.17, 15) is 14.0 Å². The van der Waals surface area contributed by atoms with E-state index in [-0.39, 0.29) is 30.3 Å². The third-order valence-electron chi connectivity index (χ3n) is 4.77. The molecule has 2 aromatic carbocycles. The van der Waals surface area contributed by atoms with E-state index in [0.717, 1.165) is 11.1 Å². The number of carbonyl (C=O) groups excluding carboxylic acids is 2. The van der Waals surface area contributed by atoms with Crippen LogP contribution >= 0.6 is 0 Å². The van der Waals surface area contributed by atoms with Gasteiger partial charge in [0, 0.05) is 37.5 Å². The molecule has 0 fully saturated rings. The molecule has 33 heavy (non-hydrogen) atoms. The van der Waals surface area contributed by atoms with Crippen LogP contribution in [0.5, 0.6) is 11.5 Å². The Morgan fingerprint density at radius 3 is 2.21 bits per heavy atom. The summed E-state index contributed by atoms with van der Waals surface area (Å²) in [7, 11) is 0. The van der Waals surface area contributed by atoms with Gasteiger partial charge >= 0.3 is 0 Å². The normalized spacial score (nSPS) is 10.5. The standard InChI is InChI=1S/C26H20FN3O3/c27-21-7-3-18(4-8-21)14-22(31)15-19-5-9-23(10-6-19)33-24-11-13-29-25(16-24)30-26(32)20-2-1-12-28-17-20/h1-13,16-17H,14-15H2,(H,29,30,32). The van der Waals surface area contributed by atoms with Gasteiger partial charge in [-0.05, 0) is 53.6 Å². The molecular formula is C26H20FN3O3. The van der Waals surface area contributed by atoms with Crippen molar-refractivity contribution in [3.8, 4) is 11.5 Å². The summed E-state index contributed by atoms with van der Waals surface area (Å²) in [6.45, 7) is 0. The predicted octanol–water partition coefficient (Wildman–Crippen LogP) is 5.01. The average molecular weight is 441 g/mol. The van der Waals surface area contributed by atoms with Crippen molar-refractivity contribution in [1.82, 2.24) is 9.97 Å². The molecule has 0 atom stereocenters. The van der Waals surface area contributed by atoms with E-state index in [2.05, 4.69) is 15.3 Å². The quantitative estimate of drug-likeness (QED) is 0.416. The molecule has 2 heterocycles. The lowest BCUT2D eigenvalue weighted by atomic mass is 10.0. The van der Waals surface area contributed by atoms with Crippen molar-refractivity contribution < 1.29 is 18.7 Å². The van der Waals surface area contributed by atoms with Crippen LogP contribution in [0.1, 0.15) is 21.5 Å². The van der Waals surface area contributed by atoms with Gasteiger partial charge in [0.15, 0.2) is 0 Å². The molecule has 4 aromatic rings. The molecule has 1 N–H and O–H groups in total. The molecule has 0 aliphatic heterocycles. The second-order valence-corrected chi connectivity index (χ2v) is 7.34. The highest BCUT2D eigenvalue weighted by Crippen LogP contribution is 2.24. The van der Waals surface area contributed by atoms with Gasteiger partial charge < -0.3 is 10.1 Å². The van der Waals surface area contributed by atoms with Crippen molar-refractivity contribution >= 4 is 17.5 Å². The second-order valence-electron chi connectivity index (χ2n) is 7.34. The number of Topliss-reactive ketones (excluding diaryl/α,β-unsaturated/α-hetero) is 1.